The van der Waals surface area contributed by atoms with Gasteiger partial charge in [0.15, 0.2) is 0 Å². The molecule has 1 amide bonds. The molecule has 0 aliphatic carbocycles. The lowest BCUT2D eigenvalue weighted by atomic mass is 10.2. The SMILES string of the molecule is O=C(O)[C@H]1CCCN1C(=O)Cn1nnc(-c2ccsc2)n1. The fourth-order valence-corrected chi connectivity index (χ4v) is 2.99. The molecule has 0 bridgehead atoms. The first-order chi connectivity index (χ1) is 10.1. The van der Waals surface area contributed by atoms with E-state index < -0.39 is 12.0 Å². The summed E-state index contributed by atoms with van der Waals surface area (Å²) in [7, 11) is 0. The van der Waals surface area contributed by atoms with Crippen LogP contribution in [-0.4, -0.2) is 54.7 Å². The van der Waals surface area contributed by atoms with E-state index in [2.05, 4.69) is 15.4 Å². The molecule has 3 heterocycles. The zero-order valence-corrected chi connectivity index (χ0v) is 11.9. The number of amides is 1. The van der Waals surface area contributed by atoms with Gasteiger partial charge in [-0.1, -0.05) is 0 Å². The Labute approximate surface area is 124 Å². The Morgan fingerprint density at radius 1 is 1.48 bits per heavy atom. The van der Waals surface area contributed by atoms with E-state index in [0.29, 0.717) is 25.2 Å². The van der Waals surface area contributed by atoms with Gasteiger partial charge in [-0.2, -0.15) is 16.1 Å². The van der Waals surface area contributed by atoms with Gasteiger partial charge in [-0.05, 0) is 29.5 Å². The largest absolute Gasteiger partial charge is 0.480 e. The molecule has 1 N–H and O–H groups in total. The van der Waals surface area contributed by atoms with Gasteiger partial charge in [0.25, 0.3) is 0 Å². The Morgan fingerprint density at radius 2 is 2.33 bits per heavy atom. The lowest BCUT2D eigenvalue weighted by molar-refractivity contribution is -0.148. The summed E-state index contributed by atoms with van der Waals surface area (Å²) < 4.78 is 0. The van der Waals surface area contributed by atoms with Crippen molar-refractivity contribution < 1.29 is 14.7 Å². The Hall–Kier alpha value is -2.29. The first-order valence-electron chi connectivity index (χ1n) is 6.48. The molecular weight excluding hydrogens is 294 g/mol. The van der Waals surface area contributed by atoms with Crippen LogP contribution in [0.25, 0.3) is 11.4 Å². The van der Waals surface area contributed by atoms with Crippen LogP contribution in [0.5, 0.6) is 0 Å². The summed E-state index contributed by atoms with van der Waals surface area (Å²) in [5.41, 5.74) is 0.850. The number of likely N-dealkylation sites (tertiary alicyclic amines) is 1. The summed E-state index contributed by atoms with van der Waals surface area (Å²) in [6.45, 7) is 0.364. The molecule has 110 valence electrons. The number of nitrogens with zero attached hydrogens (tertiary/aromatic N) is 5. The number of tetrazole rings is 1. The highest BCUT2D eigenvalue weighted by atomic mass is 32.1. The van der Waals surface area contributed by atoms with Crippen LogP contribution in [0, 0.1) is 0 Å². The Kier molecular flexibility index (Phi) is 3.65. The standard InChI is InChI=1S/C12H13N5O3S/c18-10(16-4-1-2-9(16)12(19)20)6-17-14-11(13-15-17)8-3-5-21-7-8/h3,5,7,9H,1-2,4,6H2,(H,19,20)/t9-/m1/s1. The summed E-state index contributed by atoms with van der Waals surface area (Å²) in [4.78, 5) is 25.8. The highest BCUT2D eigenvalue weighted by Crippen LogP contribution is 2.19. The van der Waals surface area contributed by atoms with Crippen LogP contribution in [0.15, 0.2) is 16.8 Å². The van der Waals surface area contributed by atoms with Crippen molar-refractivity contribution in [2.24, 2.45) is 0 Å². The molecule has 1 saturated heterocycles. The Morgan fingerprint density at radius 3 is 3.05 bits per heavy atom. The number of aliphatic carboxylic acids is 1. The third-order valence-electron chi connectivity index (χ3n) is 3.37. The van der Waals surface area contributed by atoms with Gasteiger partial charge >= 0.3 is 5.97 Å². The summed E-state index contributed by atoms with van der Waals surface area (Å²) >= 11 is 1.52. The van der Waals surface area contributed by atoms with E-state index in [1.807, 2.05) is 16.8 Å². The maximum absolute atomic E-state index is 12.2. The number of carbonyl (C=O) groups is 2. The molecule has 1 aliphatic heterocycles. The van der Waals surface area contributed by atoms with Crippen LogP contribution in [0.2, 0.25) is 0 Å². The zero-order chi connectivity index (χ0) is 14.8. The lowest BCUT2D eigenvalue weighted by Gasteiger charge is -2.20. The van der Waals surface area contributed by atoms with Gasteiger partial charge in [0.1, 0.15) is 12.6 Å². The fourth-order valence-electron chi connectivity index (χ4n) is 2.35. The highest BCUT2D eigenvalue weighted by Gasteiger charge is 2.34. The van der Waals surface area contributed by atoms with Gasteiger partial charge in [0, 0.05) is 17.5 Å². The predicted molar refractivity (Wildman–Crippen MR) is 73.5 cm³/mol. The molecule has 21 heavy (non-hydrogen) atoms. The van der Waals surface area contributed by atoms with E-state index in [-0.39, 0.29) is 12.5 Å². The predicted octanol–water partition coefficient (Wildman–Crippen LogP) is 0.477. The average Bonchev–Trinajstić information content (AvgIpc) is 3.19. The minimum atomic E-state index is -0.966. The van der Waals surface area contributed by atoms with E-state index in [4.69, 9.17) is 5.11 Å². The summed E-state index contributed by atoms with van der Waals surface area (Å²) in [6, 6.07) is 1.13. The van der Waals surface area contributed by atoms with E-state index in [1.54, 1.807) is 0 Å². The first-order valence-corrected chi connectivity index (χ1v) is 7.42. The molecule has 8 nitrogen and oxygen atoms in total. The number of hydrogen-bond donors (Lipinski definition) is 1. The summed E-state index contributed by atoms with van der Waals surface area (Å²) in [5.74, 6) is -0.805. The molecule has 0 spiro atoms. The van der Waals surface area contributed by atoms with Crippen molar-refractivity contribution in [2.75, 3.05) is 6.54 Å². The summed E-state index contributed by atoms with van der Waals surface area (Å²) in [5, 5.41) is 24.8. The fraction of sp³-hybridized carbons (Fsp3) is 0.417. The van der Waals surface area contributed by atoms with Crippen LogP contribution < -0.4 is 0 Å². The number of rotatable bonds is 4. The lowest BCUT2D eigenvalue weighted by Crippen LogP contribution is -2.42. The molecule has 9 heteroatoms. The van der Waals surface area contributed by atoms with Crippen molar-refractivity contribution in [1.82, 2.24) is 25.1 Å². The zero-order valence-electron chi connectivity index (χ0n) is 11.0. The van der Waals surface area contributed by atoms with Crippen LogP contribution in [0.1, 0.15) is 12.8 Å². The number of carboxylic acids is 1. The quantitative estimate of drug-likeness (QED) is 0.881. The van der Waals surface area contributed by atoms with Gasteiger partial charge in [0.2, 0.25) is 11.7 Å². The highest BCUT2D eigenvalue weighted by molar-refractivity contribution is 7.08. The molecule has 1 fully saturated rings. The maximum atomic E-state index is 12.2. The third kappa shape index (κ3) is 2.77. The second kappa shape index (κ2) is 5.60. The Bertz CT molecular complexity index is 654. The maximum Gasteiger partial charge on any atom is 0.326 e. The van der Waals surface area contributed by atoms with Crippen molar-refractivity contribution in [2.45, 2.75) is 25.4 Å². The second-order valence-electron chi connectivity index (χ2n) is 4.74. The van der Waals surface area contributed by atoms with Crippen molar-refractivity contribution in [3.05, 3.63) is 16.8 Å². The van der Waals surface area contributed by atoms with Crippen molar-refractivity contribution in [3.63, 3.8) is 0 Å². The van der Waals surface area contributed by atoms with Gasteiger partial charge in [-0.3, -0.25) is 4.79 Å². The number of thiophene rings is 1. The van der Waals surface area contributed by atoms with E-state index in [0.717, 1.165) is 5.56 Å². The monoisotopic (exact) mass is 307 g/mol. The molecule has 2 aromatic rings. The van der Waals surface area contributed by atoms with E-state index >= 15 is 0 Å². The molecule has 0 radical (unpaired) electrons. The number of hydrogen-bond acceptors (Lipinski definition) is 6. The second-order valence-corrected chi connectivity index (χ2v) is 5.52. The van der Waals surface area contributed by atoms with Crippen LogP contribution >= 0.6 is 11.3 Å². The first kappa shape index (κ1) is 13.7. The molecule has 2 aromatic heterocycles. The van der Waals surface area contributed by atoms with Crippen LogP contribution in [0.3, 0.4) is 0 Å². The van der Waals surface area contributed by atoms with Gasteiger partial charge in [-0.25, -0.2) is 4.79 Å². The molecule has 0 unspecified atom stereocenters. The van der Waals surface area contributed by atoms with Gasteiger partial charge in [-0.15, -0.1) is 10.2 Å². The molecular formula is C12H13N5O3S. The minimum Gasteiger partial charge on any atom is -0.480 e. The van der Waals surface area contributed by atoms with E-state index in [1.165, 1.54) is 21.0 Å². The topological polar surface area (TPSA) is 101 Å². The number of aromatic nitrogens is 4. The third-order valence-corrected chi connectivity index (χ3v) is 4.05. The molecule has 0 saturated carbocycles. The number of carbonyl (C=O) groups excluding carboxylic acids is 1. The van der Waals surface area contributed by atoms with E-state index in [9.17, 15) is 9.59 Å². The van der Waals surface area contributed by atoms with Crippen molar-refractivity contribution in [3.8, 4) is 11.4 Å². The number of carboxylic acid groups (broad SMARTS) is 1. The molecule has 1 atom stereocenters. The van der Waals surface area contributed by atoms with Gasteiger partial charge < -0.3 is 10.0 Å². The molecule has 0 aromatic carbocycles. The molecule has 1 aliphatic rings. The molecule has 3 rings (SSSR count). The van der Waals surface area contributed by atoms with Crippen molar-refractivity contribution >= 4 is 23.2 Å². The normalized spacial score (nSPS) is 18.1. The van der Waals surface area contributed by atoms with Crippen LogP contribution in [-0.2, 0) is 16.1 Å². The Balaban J connectivity index is 1.69. The average molecular weight is 307 g/mol. The van der Waals surface area contributed by atoms with Gasteiger partial charge in [0.05, 0.1) is 0 Å². The summed E-state index contributed by atoms with van der Waals surface area (Å²) in [6.07, 6.45) is 1.19. The minimum absolute atomic E-state index is 0.0963. The van der Waals surface area contributed by atoms with Crippen molar-refractivity contribution in [1.29, 1.82) is 0 Å². The van der Waals surface area contributed by atoms with Crippen LogP contribution in [0.4, 0.5) is 0 Å². The smallest absolute Gasteiger partial charge is 0.326 e.